The molecule has 2 aromatic carbocycles. The second-order valence-electron chi connectivity index (χ2n) is 7.55. The molecular weight excluding hydrogens is 352 g/mol. The van der Waals surface area contributed by atoms with Crippen molar-refractivity contribution in [2.24, 2.45) is 0 Å². The van der Waals surface area contributed by atoms with E-state index in [4.69, 9.17) is 15.2 Å². The van der Waals surface area contributed by atoms with Gasteiger partial charge in [0.05, 0.1) is 43.2 Å². The number of ether oxygens (including phenoxy) is 2. The molecule has 1 aliphatic rings. The highest BCUT2D eigenvalue weighted by molar-refractivity contribution is 5.94. The standard InChI is InChI=1S/C23H28N2O3/c24-21-13-16(15-27-10-11-28-20-8-6-19(26)7-9-20)12-18-14-22(25-23(18)21)17-4-2-1-3-5-17/h1-5,12-14,19-20,25-26H,6-11,15,24H2. The van der Waals surface area contributed by atoms with Crippen molar-refractivity contribution < 1.29 is 14.6 Å². The lowest BCUT2D eigenvalue weighted by Crippen LogP contribution is -2.25. The first kappa shape index (κ1) is 19.0. The van der Waals surface area contributed by atoms with Gasteiger partial charge in [0.15, 0.2) is 0 Å². The Morgan fingerprint density at radius 1 is 1.00 bits per heavy atom. The summed E-state index contributed by atoms with van der Waals surface area (Å²) in [5, 5.41) is 10.6. The van der Waals surface area contributed by atoms with Gasteiger partial charge in [-0.2, -0.15) is 0 Å². The van der Waals surface area contributed by atoms with Crippen molar-refractivity contribution in [3.8, 4) is 11.3 Å². The molecule has 0 saturated heterocycles. The summed E-state index contributed by atoms with van der Waals surface area (Å²) in [7, 11) is 0. The van der Waals surface area contributed by atoms with Gasteiger partial charge in [-0.1, -0.05) is 30.3 Å². The highest BCUT2D eigenvalue weighted by Crippen LogP contribution is 2.29. The minimum Gasteiger partial charge on any atom is -0.397 e. The molecule has 1 heterocycles. The molecule has 28 heavy (non-hydrogen) atoms. The Kier molecular flexibility index (Phi) is 5.95. The topological polar surface area (TPSA) is 80.5 Å². The number of benzene rings is 2. The lowest BCUT2D eigenvalue weighted by molar-refractivity contribution is -0.0308. The molecule has 1 aliphatic carbocycles. The highest BCUT2D eigenvalue weighted by Gasteiger charge is 2.19. The van der Waals surface area contributed by atoms with E-state index in [1.807, 2.05) is 24.3 Å². The molecular formula is C23H28N2O3. The molecule has 0 radical (unpaired) electrons. The van der Waals surface area contributed by atoms with Crippen molar-refractivity contribution in [1.82, 2.24) is 4.98 Å². The average Bonchev–Trinajstić information content (AvgIpc) is 3.15. The average molecular weight is 380 g/mol. The minimum absolute atomic E-state index is 0.146. The molecule has 0 unspecified atom stereocenters. The maximum absolute atomic E-state index is 9.53. The third kappa shape index (κ3) is 4.55. The van der Waals surface area contributed by atoms with Crippen LogP contribution in [-0.2, 0) is 16.1 Å². The van der Waals surface area contributed by atoms with Gasteiger partial charge in [-0.25, -0.2) is 0 Å². The molecule has 0 bridgehead atoms. The van der Waals surface area contributed by atoms with E-state index in [0.29, 0.717) is 19.8 Å². The lowest BCUT2D eigenvalue weighted by Gasteiger charge is -2.25. The first-order chi connectivity index (χ1) is 13.7. The zero-order valence-electron chi connectivity index (χ0n) is 16.1. The van der Waals surface area contributed by atoms with Crippen LogP contribution in [0.25, 0.3) is 22.2 Å². The summed E-state index contributed by atoms with van der Waals surface area (Å²) >= 11 is 0. The van der Waals surface area contributed by atoms with Crippen LogP contribution in [0.15, 0.2) is 48.5 Å². The number of aromatic amines is 1. The van der Waals surface area contributed by atoms with E-state index in [0.717, 1.165) is 59.1 Å². The van der Waals surface area contributed by atoms with Crippen LogP contribution in [0.1, 0.15) is 31.2 Å². The zero-order valence-corrected chi connectivity index (χ0v) is 16.1. The van der Waals surface area contributed by atoms with Crippen molar-refractivity contribution in [2.75, 3.05) is 18.9 Å². The van der Waals surface area contributed by atoms with Gasteiger partial charge in [-0.3, -0.25) is 0 Å². The van der Waals surface area contributed by atoms with Gasteiger partial charge in [-0.15, -0.1) is 0 Å². The van der Waals surface area contributed by atoms with Crippen LogP contribution in [0.3, 0.4) is 0 Å². The monoisotopic (exact) mass is 380 g/mol. The van der Waals surface area contributed by atoms with Crippen molar-refractivity contribution in [3.05, 3.63) is 54.1 Å². The van der Waals surface area contributed by atoms with Crippen LogP contribution in [0.5, 0.6) is 0 Å². The SMILES string of the molecule is Nc1cc(COCCOC2CCC(O)CC2)cc2cc(-c3ccccc3)[nH]c12. The fourth-order valence-corrected chi connectivity index (χ4v) is 3.87. The Labute approximate surface area is 165 Å². The number of nitrogens with one attached hydrogen (secondary N) is 1. The molecule has 0 amide bonds. The number of H-pyrrole nitrogens is 1. The number of aromatic nitrogens is 1. The molecule has 0 aliphatic heterocycles. The Morgan fingerprint density at radius 2 is 1.79 bits per heavy atom. The Morgan fingerprint density at radius 3 is 2.57 bits per heavy atom. The van der Waals surface area contributed by atoms with Crippen LogP contribution in [0, 0.1) is 0 Å². The molecule has 1 aromatic heterocycles. The Hall–Kier alpha value is -2.34. The Balaban J connectivity index is 1.32. The van der Waals surface area contributed by atoms with E-state index in [-0.39, 0.29) is 12.2 Å². The third-order valence-corrected chi connectivity index (χ3v) is 5.40. The van der Waals surface area contributed by atoms with E-state index < -0.39 is 0 Å². The number of rotatable bonds is 7. The third-order valence-electron chi connectivity index (χ3n) is 5.40. The number of anilines is 1. The zero-order chi connectivity index (χ0) is 19.3. The van der Waals surface area contributed by atoms with Gasteiger partial charge < -0.3 is 25.3 Å². The molecule has 5 nitrogen and oxygen atoms in total. The first-order valence-electron chi connectivity index (χ1n) is 10.0. The lowest BCUT2D eigenvalue weighted by atomic mass is 9.95. The van der Waals surface area contributed by atoms with Gasteiger partial charge in [-0.05, 0) is 55.0 Å². The van der Waals surface area contributed by atoms with Crippen molar-refractivity contribution in [1.29, 1.82) is 0 Å². The molecule has 1 fully saturated rings. The minimum atomic E-state index is -0.146. The van der Waals surface area contributed by atoms with Crippen LogP contribution in [0.2, 0.25) is 0 Å². The molecule has 4 rings (SSSR count). The molecule has 1 saturated carbocycles. The normalized spacial score (nSPS) is 19.9. The van der Waals surface area contributed by atoms with E-state index in [9.17, 15) is 5.11 Å². The number of aliphatic hydroxyl groups excluding tert-OH is 1. The van der Waals surface area contributed by atoms with Gasteiger partial charge in [0.25, 0.3) is 0 Å². The fraction of sp³-hybridized carbons (Fsp3) is 0.391. The molecule has 148 valence electrons. The largest absolute Gasteiger partial charge is 0.397 e. The smallest absolute Gasteiger partial charge is 0.0719 e. The molecule has 4 N–H and O–H groups in total. The summed E-state index contributed by atoms with van der Waals surface area (Å²) < 4.78 is 11.6. The summed E-state index contributed by atoms with van der Waals surface area (Å²) in [6.45, 7) is 1.65. The van der Waals surface area contributed by atoms with Gasteiger partial charge in [0.1, 0.15) is 0 Å². The number of hydrogen-bond acceptors (Lipinski definition) is 4. The maximum Gasteiger partial charge on any atom is 0.0719 e. The quantitative estimate of drug-likeness (QED) is 0.423. The predicted octanol–water partition coefficient (Wildman–Crippen LogP) is 4.25. The summed E-state index contributed by atoms with van der Waals surface area (Å²) in [6, 6.07) is 16.5. The molecule has 5 heteroatoms. The van der Waals surface area contributed by atoms with Crippen molar-refractivity contribution in [3.63, 3.8) is 0 Å². The number of nitrogen functional groups attached to an aromatic ring is 1. The van der Waals surface area contributed by atoms with Gasteiger partial charge in [0.2, 0.25) is 0 Å². The van der Waals surface area contributed by atoms with Crippen LogP contribution in [-0.4, -0.2) is 35.5 Å². The number of hydrogen-bond donors (Lipinski definition) is 3. The predicted molar refractivity (Wildman–Crippen MR) is 112 cm³/mol. The fourth-order valence-electron chi connectivity index (χ4n) is 3.87. The first-order valence-corrected chi connectivity index (χ1v) is 10.0. The van der Waals surface area contributed by atoms with Crippen LogP contribution in [0.4, 0.5) is 5.69 Å². The molecule has 3 aromatic rings. The van der Waals surface area contributed by atoms with E-state index in [1.54, 1.807) is 0 Å². The van der Waals surface area contributed by atoms with E-state index in [2.05, 4.69) is 29.2 Å². The second-order valence-corrected chi connectivity index (χ2v) is 7.55. The maximum atomic E-state index is 9.53. The summed E-state index contributed by atoms with van der Waals surface area (Å²) in [6.07, 6.45) is 3.67. The summed E-state index contributed by atoms with van der Waals surface area (Å²) in [5.41, 5.74) is 11.2. The van der Waals surface area contributed by atoms with Crippen molar-refractivity contribution >= 4 is 16.6 Å². The van der Waals surface area contributed by atoms with Crippen LogP contribution < -0.4 is 5.73 Å². The van der Waals surface area contributed by atoms with Gasteiger partial charge in [0, 0.05) is 11.1 Å². The van der Waals surface area contributed by atoms with Crippen molar-refractivity contribution in [2.45, 2.75) is 44.5 Å². The Bertz CT molecular complexity index is 899. The summed E-state index contributed by atoms with van der Waals surface area (Å²) in [5.74, 6) is 0. The van der Waals surface area contributed by atoms with E-state index >= 15 is 0 Å². The number of aliphatic hydroxyl groups is 1. The van der Waals surface area contributed by atoms with Crippen LogP contribution >= 0.6 is 0 Å². The van der Waals surface area contributed by atoms with E-state index in [1.165, 1.54) is 0 Å². The summed E-state index contributed by atoms with van der Waals surface area (Å²) in [4.78, 5) is 3.42. The second kappa shape index (κ2) is 8.78. The van der Waals surface area contributed by atoms with Gasteiger partial charge >= 0.3 is 0 Å². The number of nitrogens with two attached hydrogens (primary N) is 1. The molecule has 0 spiro atoms. The highest BCUT2D eigenvalue weighted by atomic mass is 16.5. The number of fused-ring (bicyclic) bond motifs is 1. The molecule has 0 atom stereocenters.